The minimum Gasteiger partial charge on any atom is -0.380 e. The van der Waals surface area contributed by atoms with E-state index in [2.05, 4.69) is 28.5 Å². The second kappa shape index (κ2) is 6.18. The Morgan fingerprint density at radius 3 is 2.48 bits per heavy atom. The van der Waals surface area contributed by atoms with E-state index in [9.17, 15) is 4.39 Å². The summed E-state index contributed by atoms with van der Waals surface area (Å²) in [6.45, 7) is 0.536. The standard InChI is InChI=1S/C18H15FN2/c19-16-10-14(11-20-13-16)12-21-18-9-5-4-8-17(18)15-6-2-1-3-7-15/h1-11,13,21H,12H2. The quantitative estimate of drug-likeness (QED) is 0.760. The van der Waals surface area contributed by atoms with E-state index in [0.717, 1.165) is 22.4 Å². The predicted octanol–water partition coefficient (Wildman–Crippen LogP) is 4.50. The minimum atomic E-state index is -0.314. The van der Waals surface area contributed by atoms with Crippen molar-refractivity contribution in [2.24, 2.45) is 0 Å². The van der Waals surface area contributed by atoms with Crippen molar-refractivity contribution in [1.29, 1.82) is 0 Å². The second-order valence-electron chi connectivity index (χ2n) is 4.78. The lowest BCUT2D eigenvalue weighted by molar-refractivity contribution is 0.619. The largest absolute Gasteiger partial charge is 0.380 e. The molecular weight excluding hydrogens is 263 g/mol. The highest BCUT2D eigenvalue weighted by molar-refractivity contribution is 5.77. The first-order valence-corrected chi connectivity index (χ1v) is 6.81. The van der Waals surface area contributed by atoms with Crippen molar-refractivity contribution in [3.63, 3.8) is 0 Å². The Morgan fingerprint density at radius 2 is 1.67 bits per heavy atom. The highest BCUT2D eigenvalue weighted by atomic mass is 19.1. The molecule has 3 rings (SSSR count). The number of pyridine rings is 1. The number of benzene rings is 2. The molecule has 0 unspecified atom stereocenters. The molecule has 0 aliphatic rings. The van der Waals surface area contributed by atoms with Crippen LogP contribution in [-0.2, 0) is 6.54 Å². The van der Waals surface area contributed by atoms with E-state index in [0.29, 0.717) is 6.54 Å². The number of nitrogens with zero attached hydrogens (tertiary/aromatic N) is 1. The van der Waals surface area contributed by atoms with E-state index in [1.165, 1.54) is 12.3 Å². The number of para-hydroxylation sites is 1. The second-order valence-corrected chi connectivity index (χ2v) is 4.78. The van der Waals surface area contributed by atoms with Gasteiger partial charge in [-0.2, -0.15) is 0 Å². The smallest absolute Gasteiger partial charge is 0.141 e. The highest BCUT2D eigenvalue weighted by Crippen LogP contribution is 2.27. The molecule has 0 spiro atoms. The van der Waals surface area contributed by atoms with Crippen molar-refractivity contribution in [2.75, 3.05) is 5.32 Å². The van der Waals surface area contributed by atoms with Crippen LogP contribution in [0.15, 0.2) is 73.1 Å². The van der Waals surface area contributed by atoms with Gasteiger partial charge in [0, 0.05) is 24.0 Å². The van der Waals surface area contributed by atoms with Gasteiger partial charge in [0.1, 0.15) is 5.82 Å². The van der Waals surface area contributed by atoms with Gasteiger partial charge < -0.3 is 5.32 Å². The molecule has 0 bridgehead atoms. The average molecular weight is 278 g/mol. The first-order chi connectivity index (χ1) is 10.3. The van der Waals surface area contributed by atoms with Crippen LogP contribution in [0.5, 0.6) is 0 Å². The summed E-state index contributed by atoms with van der Waals surface area (Å²) in [5.41, 5.74) is 4.12. The van der Waals surface area contributed by atoms with Crippen molar-refractivity contribution < 1.29 is 4.39 Å². The predicted molar refractivity (Wildman–Crippen MR) is 83.4 cm³/mol. The number of anilines is 1. The van der Waals surface area contributed by atoms with Crippen LogP contribution in [0, 0.1) is 5.82 Å². The highest BCUT2D eigenvalue weighted by Gasteiger charge is 2.04. The van der Waals surface area contributed by atoms with Gasteiger partial charge >= 0.3 is 0 Å². The Morgan fingerprint density at radius 1 is 0.905 bits per heavy atom. The lowest BCUT2D eigenvalue weighted by atomic mass is 10.0. The van der Waals surface area contributed by atoms with E-state index in [1.54, 1.807) is 6.20 Å². The summed E-state index contributed by atoms with van der Waals surface area (Å²) in [7, 11) is 0. The fourth-order valence-electron chi connectivity index (χ4n) is 2.26. The van der Waals surface area contributed by atoms with Gasteiger partial charge in [-0.1, -0.05) is 48.5 Å². The zero-order valence-electron chi connectivity index (χ0n) is 11.5. The van der Waals surface area contributed by atoms with Crippen molar-refractivity contribution in [2.45, 2.75) is 6.54 Å². The molecule has 0 saturated carbocycles. The Kier molecular flexibility index (Phi) is 3.92. The van der Waals surface area contributed by atoms with E-state index >= 15 is 0 Å². The van der Waals surface area contributed by atoms with E-state index in [1.807, 2.05) is 36.4 Å². The van der Waals surface area contributed by atoms with Crippen LogP contribution < -0.4 is 5.32 Å². The first-order valence-electron chi connectivity index (χ1n) is 6.81. The lowest BCUT2D eigenvalue weighted by Crippen LogP contribution is -2.01. The summed E-state index contributed by atoms with van der Waals surface area (Å²) in [5, 5.41) is 3.35. The van der Waals surface area contributed by atoms with E-state index in [4.69, 9.17) is 0 Å². The molecule has 21 heavy (non-hydrogen) atoms. The van der Waals surface area contributed by atoms with Gasteiger partial charge in [0.05, 0.1) is 6.20 Å². The van der Waals surface area contributed by atoms with Gasteiger partial charge in [-0.15, -0.1) is 0 Å². The molecule has 0 radical (unpaired) electrons. The molecule has 0 atom stereocenters. The summed E-state index contributed by atoms with van der Waals surface area (Å²) in [6.07, 6.45) is 2.88. The Bertz CT molecular complexity index is 726. The SMILES string of the molecule is Fc1cncc(CNc2ccccc2-c2ccccc2)c1. The summed E-state index contributed by atoms with van der Waals surface area (Å²) in [5.74, 6) is -0.314. The molecule has 104 valence electrons. The van der Waals surface area contributed by atoms with Crippen LogP contribution in [0.25, 0.3) is 11.1 Å². The maximum atomic E-state index is 13.1. The van der Waals surface area contributed by atoms with Crippen LogP contribution in [0.3, 0.4) is 0 Å². The van der Waals surface area contributed by atoms with Crippen molar-refractivity contribution in [1.82, 2.24) is 4.98 Å². The summed E-state index contributed by atoms with van der Waals surface area (Å²) >= 11 is 0. The van der Waals surface area contributed by atoms with E-state index < -0.39 is 0 Å². The zero-order chi connectivity index (χ0) is 14.5. The fraction of sp³-hybridized carbons (Fsp3) is 0.0556. The Labute approximate surface area is 123 Å². The minimum absolute atomic E-state index is 0.314. The number of halogens is 1. The normalized spacial score (nSPS) is 10.3. The molecule has 0 amide bonds. The summed E-state index contributed by atoms with van der Waals surface area (Å²) in [6, 6.07) is 19.8. The molecule has 3 heteroatoms. The van der Waals surface area contributed by atoms with Gasteiger partial charge in [0.25, 0.3) is 0 Å². The Balaban J connectivity index is 1.83. The lowest BCUT2D eigenvalue weighted by Gasteiger charge is -2.12. The molecule has 1 aromatic heterocycles. The molecule has 0 fully saturated rings. The number of hydrogen-bond donors (Lipinski definition) is 1. The topological polar surface area (TPSA) is 24.9 Å². The molecule has 1 N–H and O–H groups in total. The number of nitrogens with one attached hydrogen (secondary N) is 1. The molecule has 1 heterocycles. The van der Waals surface area contributed by atoms with Crippen LogP contribution >= 0.6 is 0 Å². The van der Waals surface area contributed by atoms with Gasteiger partial charge in [0.15, 0.2) is 0 Å². The molecule has 0 aliphatic heterocycles. The maximum absolute atomic E-state index is 13.1. The van der Waals surface area contributed by atoms with E-state index in [-0.39, 0.29) is 5.82 Å². The van der Waals surface area contributed by atoms with Crippen molar-refractivity contribution >= 4 is 5.69 Å². The van der Waals surface area contributed by atoms with Crippen LogP contribution in [0.1, 0.15) is 5.56 Å². The van der Waals surface area contributed by atoms with Crippen LogP contribution in [-0.4, -0.2) is 4.98 Å². The molecule has 2 aromatic carbocycles. The van der Waals surface area contributed by atoms with Gasteiger partial charge in [0.2, 0.25) is 0 Å². The molecular formula is C18H15FN2. The first kappa shape index (κ1) is 13.3. The van der Waals surface area contributed by atoms with Crippen molar-refractivity contribution in [3.05, 3.63) is 84.4 Å². The molecule has 3 aromatic rings. The molecule has 2 nitrogen and oxygen atoms in total. The fourth-order valence-corrected chi connectivity index (χ4v) is 2.26. The van der Waals surface area contributed by atoms with Gasteiger partial charge in [-0.3, -0.25) is 4.98 Å². The summed E-state index contributed by atoms with van der Waals surface area (Å²) in [4.78, 5) is 3.86. The van der Waals surface area contributed by atoms with Gasteiger partial charge in [-0.25, -0.2) is 4.39 Å². The monoisotopic (exact) mass is 278 g/mol. The third-order valence-corrected chi connectivity index (χ3v) is 3.26. The van der Waals surface area contributed by atoms with Gasteiger partial charge in [-0.05, 0) is 23.3 Å². The number of hydrogen-bond acceptors (Lipinski definition) is 2. The number of aromatic nitrogens is 1. The third kappa shape index (κ3) is 3.26. The molecule has 0 saturated heterocycles. The zero-order valence-corrected chi connectivity index (χ0v) is 11.5. The maximum Gasteiger partial charge on any atom is 0.141 e. The van der Waals surface area contributed by atoms with Crippen molar-refractivity contribution in [3.8, 4) is 11.1 Å². The molecule has 0 aliphatic carbocycles. The van der Waals surface area contributed by atoms with Crippen LogP contribution in [0.4, 0.5) is 10.1 Å². The summed E-state index contributed by atoms with van der Waals surface area (Å²) < 4.78 is 13.1. The number of rotatable bonds is 4. The Hall–Kier alpha value is -2.68. The third-order valence-electron chi connectivity index (χ3n) is 3.26. The van der Waals surface area contributed by atoms with Crippen LogP contribution in [0.2, 0.25) is 0 Å². The average Bonchev–Trinajstić information content (AvgIpc) is 2.54.